The molecule has 0 aliphatic rings. The second kappa shape index (κ2) is 11.8. The summed E-state index contributed by atoms with van der Waals surface area (Å²) in [5.74, 6) is 0. The van der Waals surface area contributed by atoms with Crippen LogP contribution in [0.15, 0.2) is 0 Å². The first-order valence-corrected chi connectivity index (χ1v) is 4.35. The molecule has 0 aromatic rings. The summed E-state index contributed by atoms with van der Waals surface area (Å²) in [4.78, 5) is 9.42. The van der Waals surface area contributed by atoms with Gasteiger partial charge in [0.15, 0.2) is 0 Å². The molecular weight excluding hydrogens is 149 g/mol. The minimum Gasteiger partial charge on any atom is -0.304 e. The molecule has 0 saturated heterocycles. The van der Waals surface area contributed by atoms with Gasteiger partial charge in [0.25, 0.3) is 0 Å². The van der Waals surface area contributed by atoms with Crippen molar-refractivity contribution in [3.63, 3.8) is 0 Å². The zero-order valence-electron chi connectivity index (χ0n) is 6.92. The molecule has 0 rings (SSSR count). The van der Waals surface area contributed by atoms with Gasteiger partial charge in [-0.1, -0.05) is 20.8 Å². The topological polar surface area (TPSA) is 40.5 Å². The lowest BCUT2D eigenvalue weighted by molar-refractivity contribution is 0.321. The summed E-state index contributed by atoms with van der Waals surface area (Å²) in [5, 5.41) is 0. The van der Waals surface area contributed by atoms with Gasteiger partial charge >= 0.3 is 8.69 Å². The van der Waals surface area contributed by atoms with E-state index in [0.717, 1.165) is 0 Å². The lowest BCUT2D eigenvalue weighted by atomic mass is 10.5. The lowest BCUT2D eigenvalue weighted by Crippen LogP contribution is -2.21. The monoisotopic (exact) mass is 166 g/mol. The van der Waals surface area contributed by atoms with Crippen LogP contribution in [0.25, 0.3) is 0 Å². The summed E-state index contributed by atoms with van der Waals surface area (Å²) in [5.41, 5.74) is 0. The molecule has 1 atom stereocenters. The molecule has 0 bridgehead atoms. The third-order valence-corrected chi connectivity index (χ3v) is 1.34. The molecule has 3 nitrogen and oxygen atoms in total. The predicted molar refractivity (Wildman–Crippen MR) is 44.7 cm³/mol. The Morgan fingerprint density at radius 2 is 1.40 bits per heavy atom. The third kappa shape index (κ3) is 10.9. The zero-order valence-corrected chi connectivity index (χ0v) is 7.92. The van der Waals surface area contributed by atoms with Gasteiger partial charge in [0.2, 0.25) is 0 Å². The van der Waals surface area contributed by atoms with E-state index in [-0.39, 0.29) is 0 Å². The van der Waals surface area contributed by atoms with Gasteiger partial charge in [0.1, 0.15) is 0 Å². The van der Waals surface area contributed by atoms with Crippen molar-refractivity contribution in [2.45, 2.75) is 20.8 Å². The van der Waals surface area contributed by atoms with E-state index < -0.39 is 8.69 Å². The second-order valence-corrected chi connectivity index (χ2v) is 1.89. The van der Waals surface area contributed by atoms with Crippen LogP contribution in [0, 0.1) is 0 Å². The average Bonchev–Trinajstić information content (AvgIpc) is 1.93. The molecule has 0 aromatic carbocycles. The molecule has 0 amide bonds. The van der Waals surface area contributed by atoms with Crippen molar-refractivity contribution in [2.24, 2.45) is 0 Å². The zero-order chi connectivity index (χ0) is 8.41. The van der Waals surface area contributed by atoms with E-state index in [9.17, 15) is 0 Å². The number of nitrogens with zero attached hydrogens (tertiary/aromatic N) is 1. The average molecular weight is 166 g/mol. The van der Waals surface area contributed by atoms with Gasteiger partial charge in [-0.2, -0.15) is 4.89 Å². The highest BCUT2D eigenvalue weighted by molar-refractivity contribution is 7.16. The van der Waals surface area contributed by atoms with Crippen LogP contribution in [0.5, 0.6) is 0 Å². The Morgan fingerprint density at radius 3 is 1.40 bits per heavy atom. The molecule has 1 N–H and O–H groups in total. The van der Waals surface area contributed by atoms with Gasteiger partial charge < -0.3 is 4.90 Å². The Labute approximate surface area is 64.3 Å². The van der Waals surface area contributed by atoms with Crippen molar-refractivity contribution >= 4 is 8.69 Å². The van der Waals surface area contributed by atoms with E-state index in [1.807, 2.05) is 0 Å². The van der Waals surface area contributed by atoms with Gasteiger partial charge in [-0.25, -0.2) is 0 Å². The van der Waals surface area contributed by atoms with Crippen molar-refractivity contribution in [3.8, 4) is 0 Å². The van der Waals surface area contributed by atoms with Crippen molar-refractivity contribution in [1.82, 2.24) is 4.90 Å². The van der Waals surface area contributed by atoms with Crippen molar-refractivity contribution in [3.05, 3.63) is 0 Å². The molecule has 0 saturated carbocycles. The van der Waals surface area contributed by atoms with Crippen LogP contribution in [-0.4, -0.2) is 29.4 Å². The Hall–Kier alpha value is 0.0200. The number of hydrogen-bond acceptors (Lipinski definition) is 2. The summed E-state index contributed by atoms with van der Waals surface area (Å²) in [6, 6.07) is 0. The minimum absolute atomic E-state index is 1.17. The summed E-state index contributed by atoms with van der Waals surface area (Å²) >= 11 is 0. The van der Waals surface area contributed by atoms with E-state index in [0.29, 0.717) is 0 Å². The van der Waals surface area contributed by atoms with Gasteiger partial charge in [-0.05, 0) is 24.2 Å². The van der Waals surface area contributed by atoms with Crippen molar-refractivity contribution in [1.29, 1.82) is 0 Å². The number of hydrogen-bond donors (Lipinski definition) is 1. The highest BCUT2D eigenvalue weighted by Gasteiger charge is 1.89. The fourth-order valence-corrected chi connectivity index (χ4v) is 0.671. The molecule has 0 spiro atoms. The fraction of sp³-hybridized carbons (Fsp3) is 1.00. The summed E-state index contributed by atoms with van der Waals surface area (Å²) < 4.78 is 8.51. The maximum absolute atomic E-state index is 8.51. The molecular formula is C6H17NO2P+. The molecule has 10 heavy (non-hydrogen) atoms. The first kappa shape index (κ1) is 12.7. The molecule has 0 aliphatic carbocycles. The standard InChI is InChI=1S/C6H15N.HO2P/c1-4-7(5-2)6-3;1-3-2/h4-6H2,1-3H3;3H/p+1. The van der Waals surface area contributed by atoms with Crippen LogP contribution in [0.2, 0.25) is 0 Å². The summed E-state index contributed by atoms with van der Waals surface area (Å²) in [6.45, 7) is 10.1. The van der Waals surface area contributed by atoms with Crippen LogP contribution < -0.4 is 0 Å². The quantitative estimate of drug-likeness (QED) is 0.642. The summed E-state index contributed by atoms with van der Waals surface area (Å²) in [7, 11) is -1.17. The van der Waals surface area contributed by atoms with E-state index in [1.165, 1.54) is 19.6 Å². The van der Waals surface area contributed by atoms with Crippen LogP contribution in [-0.2, 0) is 4.57 Å². The van der Waals surface area contributed by atoms with Gasteiger partial charge in [-0.3, -0.25) is 0 Å². The van der Waals surface area contributed by atoms with Crippen LogP contribution >= 0.6 is 8.69 Å². The largest absolute Gasteiger partial charge is 0.491 e. The molecule has 4 heteroatoms. The van der Waals surface area contributed by atoms with Crippen LogP contribution in [0.4, 0.5) is 0 Å². The van der Waals surface area contributed by atoms with Crippen molar-refractivity contribution < 1.29 is 9.46 Å². The van der Waals surface area contributed by atoms with E-state index in [2.05, 4.69) is 25.7 Å². The molecule has 1 unspecified atom stereocenters. The maximum Gasteiger partial charge on any atom is 0.491 e. The SMILES string of the molecule is CCN(CC)CC.O=[PH+]O. The molecule has 0 aromatic heterocycles. The second-order valence-electron chi connectivity index (χ2n) is 1.71. The Morgan fingerprint density at radius 1 is 1.20 bits per heavy atom. The highest BCUT2D eigenvalue weighted by Crippen LogP contribution is 1.81. The first-order valence-electron chi connectivity index (χ1n) is 3.50. The molecule has 0 heterocycles. The van der Waals surface area contributed by atoms with E-state index in [4.69, 9.17) is 9.46 Å². The van der Waals surface area contributed by atoms with Gasteiger partial charge in [0, 0.05) is 0 Å². The lowest BCUT2D eigenvalue weighted by Gasteiger charge is -2.13. The van der Waals surface area contributed by atoms with Crippen molar-refractivity contribution in [2.75, 3.05) is 19.6 Å². The Kier molecular flexibility index (Phi) is 14.9. The maximum atomic E-state index is 8.51. The van der Waals surface area contributed by atoms with Crippen LogP contribution in [0.1, 0.15) is 20.8 Å². The first-order chi connectivity index (χ1) is 4.76. The highest BCUT2D eigenvalue weighted by atomic mass is 31.1. The minimum atomic E-state index is -1.17. The molecule has 62 valence electrons. The summed E-state index contributed by atoms with van der Waals surface area (Å²) in [6.07, 6.45) is 0. The Bertz CT molecular complexity index is 61.3. The van der Waals surface area contributed by atoms with Crippen LogP contribution in [0.3, 0.4) is 0 Å². The van der Waals surface area contributed by atoms with Gasteiger partial charge in [0.05, 0.1) is 0 Å². The molecule has 0 aliphatic heterocycles. The smallest absolute Gasteiger partial charge is 0.304 e. The fourth-order valence-electron chi connectivity index (χ4n) is 0.671. The van der Waals surface area contributed by atoms with E-state index in [1.54, 1.807) is 0 Å². The van der Waals surface area contributed by atoms with E-state index >= 15 is 0 Å². The number of rotatable bonds is 3. The predicted octanol–water partition coefficient (Wildman–Crippen LogP) is 1.27. The third-order valence-electron chi connectivity index (χ3n) is 1.34. The van der Waals surface area contributed by atoms with Gasteiger partial charge in [-0.15, -0.1) is 0 Å². The normalized spacial score (nSPS) is 9.30. The molecule has 0 radical (unpaired) electrons. The Balaban J connectivity index is 0. The molecule has 0 fully saturated rings.